The van der Waals surface area contributed by atoms with Gasteiger partial charge in [0.15, 0.2) is 11.5 Å². The molecule has 1 aliphatic carbocycles. The first kappa shape index (κ1) is 18.5. The fourth-order valence-electron chi connectivity index (χ4n) is 3.14. The molecule has 1 fully saturated rings. The van der Waals surface area contributed by atoms with Gasteiger partial charge in [0.2, 0.25) is 0 Å². The highest BCUT2D eigenvalue weighted by Crippen LogP contribution is 2.52. The number of benzene rings is 1. The molecule has 2 aromatic heterocycles. The van der Waals surface area contributed by atoms with Gasteiger partial charge in [0, 0.05) is 18.8 Å². The quantitative estimate of drug-likeness (QED) is 0.671. The van der Waals surface area contributed by atoms with E-state index >= 15 is 0 Å². The summed E-state index contributed by atoms with van der Waals surface area (Å²) >= 11 is 5.88. The highest BCUT2D eigenvalue weighted by molar-refractivity contribution is 6.33. The topological polar surface area (TPSA) is 72.9 Å². The van der Waals surface area contributed by atoms with Crippen molar-refractivity contribution in [1.29, 1.82) is 0 Å². The molecule has 0 unspecified atom stereocenters. The number of aryl methyl sites for hydroxylation is 1. The van der Waals surface area contributed by atoms with Crippen molar-refractivity contribution in [2.24, 2.45) is 7.05 Å². The van der Waals surface area contributed by atoms with Crippen LogP contribution in [0.2, 0.25) is 5.02 Å². The fraction of sp³-hybridized carbons (Fsp3) is 0.278. The van der Waals surface area contributed by atoms with E-state index in [-0.39, 0.29) is 34.9 Å². The predicted octanol–water partition coefficient (Wildman–Crippen LogP) is 4.52. The molecule has 0 atom stereocenters. The summed E-state index contributed by atoms with van der Waals surface area (Å²) in [6, 6.07) is 4.40. The molecule has 1 saturated carbocycles. The molecule has 1 N–H and O–H groups in total. The van der Waals surface area contributed by atoms with Crippen LogP contribution in [0.3, 0.4) is 0 Å². The van der Waals surface area contributed by atoms with Crippen molar-refractivity contribution in [2.75, 3.05) is 0 Å². The molecule has 0 amide bonds. The van der Waals surface area contributed by atoms with E-state index in [2.05, 4.69) is 10.2 Å². The van der Waals surface area contributed by atoms with Gasteiger partial charge in [-0.15, -0.1) is 0 Å². The molecule has 0 spiro atoms. The van der Waals surface area contributed by atoms with E-state index in [1.54, 1.807) is 6.07 Å². The lowest BCUT2D eigenvalue weighted by molar-refractivity contribution is 0.0697. The van der Waals surface area contributed by atoms with Crippen molar-refractivity contribution >= 4 is 17.6 Å². The number of hydrogen-bond donors (Lipinski definition) is 1. The number of alkyl halides is 3. The smallest absolute Gasteiger partial charge is 0.337 e. The van der Waals surface area contributed by atoms with E-state index in [4.69, 9.17) is 11.6 Å². The van der Waals surface area contributed by atoms with Crippen molar-refractivity contribution in [1.82, 2.24) is 19.6 Å². The lowest BCUT2D eigenvalue weighted by Crippen LogP contribution is -2.06. The lowest BCUT2D eigenvalue weighted by atomic mass is 10.1. The first-order valence-corrected chi connectivity index (χ1v) is 8.72. The van der Waals surface area contributed by atoms with Gasteiger partial charge in [0.1, 0.15) is 5.69 Å². The Kier molecular flexibility index (Phi) is 4.22. The zero-order chi connectivity index (χ0) is 20.2. The van der Waals surface area contributed by atoms with Crippen LogP contribution in [0, 0.1) is 0 Å². The Balaban J connectivity index is 1.80. The van der Waals surface area contributed by atoms with Gasteiger partial charge in [-0.3, -0.25) is 4.68 Å². The summed E-state index contributed by atoms with van der Waals surface area (Å²) < 4.78 is 44.3. The van der Waals surface area contributed by atoms with Crippen LogP contribution >= 0.6 is 11.6 Å². The van der Waals surface area contributed by atoms with Crippen LogP contribution in [0.1, 0.15) is 40.9 Å². The second kappa shape index (κ2) is 6.37. The number of carbonyl (C=O) groups is 1. The van der Waals surface area contributed by atoms with Gasteiger partial charge in [-0.1, -0.05) is 17.7 Å². The number of hydrogen-bond acceptors (Lipinski definition) is 3. The Labute approximate surface area is 162 Å². The number of carboxylic acids is 1. The number of carboxylic acid groups (broad SMARTS) is 1. The highest BCUT2D eigenvalue weighted by Gasteiger charge is 2.51. The minimum absolute atomic E-state index is 0.0346. The van der Waals surface area contributed by atoms with E-state index in [0.717, 1.165) is 0 Å². The molecule has 146 valence electrons. The molecule has 0 aliphatic heterocycles. The number of halogens is 4. The Morgan fingerprint density at radius 1 is 1.32 bits per heavy atom. The summed E-state index contributed by atoms with van der Waals surface area (Å²) in [5, 5.41) is 17.4. The van der Waals surface area contributed by atoms with Gasteiger partial charge in [-0.25, -0.2) is 22.6 Å². The van der Waals surface area contributed by atoms with Crippen molar-refractivity contribution < 1.29 is 23.1 Å². The minimum Gasteiger partial charge on any atom is -0.478 e. The van der Waals surface area contributed by atoms with E-state index < -0.39 is 23.6 Å². The molecule has 0 radical (unpaired) electrons. The Bertz CT molecular complexity index is 1090. The molecule has 1 aromatic carbocycles. The zero-order valence-electron chi connectivity index (χ0n) is 14.5. The normalized spacial score (nSPS) is 15.2. The maximum Gasteiger partial charge on any atom is 0.337 e. The Hall–Kier alpha value is -2.81. The first-order valence-electron chi connectivity index (χ1n) is 8.34. The molecule has 0 bridgehead atoms. The molecule has 1 aliphatic rings. The fourth-order valence-corrected chi connectivity index (χ4v) is 3.34. The minimum atomic E-state index is -2.92. The molecular formula is C18H14ClF3N4O2. The largest absolute Gasteiger partial charge is 0.478 e. The van der Waals surface area contributed by atoms with Crippen LogP contribution in [-0.4, -0.2) is 30.6 Å². The van der Waals surface area contributed by atoms with E-state index in [1.807, 2.05) is 0 Å². The maximum atomic E-state index is 14.5. The van der Waals surface area contributed by atoms with Crippen molar-refractivity contribution in [3.8, 4) is 16.9 Å². The van der Waals surface area contributed by atoms with Crippen LogP contribution in [-0.2, 0) is 12.7 Å². The standard InChI is InChI=1S/C18H14ClF3N4O2/c1-25-16(13(15(20)21)14(24-25)18(22)4-5-18)26-8-10(7-23-26)9-2-3-12(19)11(6-9)17(27)28/h2-3,6-8,15H,4-5H2,1H3,(H,27,28). The van der Waals surface area contributed by atoms with Gasteiger partial charge in [-0.05, 0) is 30.5 Å². The summed E-state index contributed by atoms with van der Waals surface area (Å²) in [6.45, 7) is 0. The van der Waals surface area contributed by atoms with Crippen LogP contribution in [0.15, 0.2) is 30.6 Å². The number of aromatic carboxylic acids is 1. The molecule has 10 heteroatoms. The van der Waals surface area contributed by atoms with Gasteiger partial charge in [0.25, 0.3) is 6.43 Å². The Morgan fingerprint density at radius 2 is 2.04 bits per heavy atom. The van der Waals surface area contributed by atoms with Crippen LogP contribution in [0.25, 0.3) is 16.9 Å². The number of rotatable bonds is 5. The molecule has 28 heavy (non-hydrogen) atoms. The summed E-state index contributed by atoms with van der Waals surface area (Å²) in [7, 11) is 1.45. The maximum absolute atomic E-state index is 14.5. The average Bonchev–Trinajstić information content (AvgIpc) is 3.05. The van der Waals surface area contributed by atoms with E-state index in [0.29, 0.717) is 11.1 Å². The van der Waals surface area contributed by atoms with E-state index in [1.165, 1.54) is 40.9 Å². The lowest BCUT2D eigenvalue weighted by Gasteiger charge is -2.07. The third-order valence-electron chi connectivity index (χ3n) is 4.71. The SMILES string of the molecule is Cn1nc(C2(F)CC2)c(C(F)F)c1-n1cc(-c2ccc(Cl)c(C(=O)O)c2)cn1. The second-order valence-corrected chi connectivity index (χ2v) is 7.06. The molecule has 3 aromatic rings. The van der Waals surface area contributed by atoms with Crippen molar-refractivity contribution in [3.63, 3.8) is 0 Å². The van der Waals surface area contributed by atoms with Crippen LogP contribution in [0.4, 0.5) is 13.2 Å². The number of nitrogens with zero attached hydrogens (tertiary/aromatic N) is 4. The first-order chi connectivity index (χ1) is 13.2. The predicted molar refractivity (Wildman–Crippen MR) is 94.7 cm³/mol. The van der Waals surface area contributed by atoms with Crippen LogP contribution in [0.5, 0.6) is 0 Å². The van der Waals surface area contributed by atoms with Gasteiger partial charge in [-0.2, -0.15) is 10.2 Å². The van der Waals surface area contributed by atoms with E-state index in [9.17, 15) is 23.1 Å². The molecule has 0 saturated heterocycles. The molecule has 4 rings (SSSR count). The summed E-state index contributed by atoms with van der Waals surface area (Å²) in [4.78, 5) is 11.3. The zero-order valence-corrected chi connectivity index (χ0v) is 15.3. The highest BCUT2D eigenvalue weighted by atomic mass is 35.5. The third-order valence-corrected chi connectivity index (χ3v) is 5.04. The third kappa shape index (κ3) is 2.95. The monoisotopic (exact) mass is 410 g/mol. The summed E-state index contributed by atoms with van der Waals surface area (Å²) in [5.41, 5.74) is -1.65. The summed E-state index contributed by atoms with van der Waals surface area (Å²) in [5.74, 6) is -1.22. The average molecular weight is 411 g/mol. The molecule has 6 nitrogen and oxygen atoms in total. The van der Waals surface area contributed by atoms with Crippen molar-refractivity contribution in [2.45, 2.75) is 24.9 Å². The Morgan fingerprint density at radius 3 is 2.64 bits per heavy atom. The van der Waals surface area contributed by atoms with Gasteiger partial charge < -0.3 is 5.11 Å². The number of aromatic nitrogens is 4. The second-order valence-electron chi connectivity index (χ2n) is 6.65. The molecular weight excluding hydrogens is 397 g/mol. The van der Waals surface area contributed by atoms with Gasteiger partial charge in [0.05, 0.1) is 22.3 Å². The van der Waals surface area contributed by atoms with Crippen molar-refractivity contribution in [3.05, 3.63) is 52.4 Å². The van der Waals surface area contributed by atoms with Gasteiger partial charge >= 0.3 is 5.97 Å². The van der Waals surface area contributed by atoms with Crippen LogP contribution < -0.4 is 0 Å². The summed E-state index contributed by atoms with van der Waals surface area (Å²) in [6.07, 6.45) is 0.263. The molecule has 2 heterocycles.